The topological polar surface area (TPSA) is 15.7 Å². The second-order valence-corrected chi connectivity index (χ2v) is 6.78. The molecule has 3 fully saturated rings. The highest BCUT2D eigenvalue weighted by Gasteiger charge is 2.38. The standard InChI is InChI=1S/C17H23FN2O/c18-14-2-1-3-16(8-14)21-17-9-15-11-19(10-13-4-5-13)6-7-20(15)12-17/h1-3,8,13,15,17H,4-7,9-12H2/t15-,17+/m1/s1. The van der Waals surface area contributed by atoms with Gasteiger partial charge in [-0.1, -0.05) is 6.07 Å². The fourth-order valence-electron chi connectivity index (χ4n) is 3.71. The molecule has 2 saturated heterocycles. The van der Waals surface area contributed by atoms with Crippen molar-refractivity contribution in [3.63, 3.8) is 0 Å². The zero-order valence-electron chi connectivity index (χ0n) is 12.4. The van der Waals surface area contributed by atoms with E-state index >= 15 is 0 Å². The number of rotatable bonds is 4. The summed E-state index contributed by atoms with van der Waals surface area (Å²) in [6.45, 7) is 5.80. The smallest absolute Gasteiger partial charge is 0.126 e. The van der Waals surface area contributed by atoms with Crippen LogP contribution in [-0.2, 0) is 0 Å². The lowest BCUT2D eigenvalue weighted by Gasteiger charge is -2.37. The molecule has 0 unspecified atom stereocenters. The normalized spacial score (nSPS) is 30.3. The van der Waals surface area contributed by atoms with E-state index in [9.17, 15) is 4.39 Å². The molecule has 0 radical (unpaired) electrons. The predicted molar refractivity (Wildman–Crippen MR) is 80.0 cm³/mol. The molecular weight excluding hydrogens is 267 g/mol. The minimum absolute atomic E-state index is 0.206. The van der Waals surface area contributed by atoms with E-state index in [0.717, 1.165) is 25.4 Å². The lowest BCUT2D eigenvalue weighted by atomic mass is 10.1. The van der Waals surface area contributed by atoms with Crippen LogP contribution in [0.15, 0.2) is 24.3 Å². The Morgan fingerprint density at radius 3 is 2.90 bits per heavy atom. The van der Waals surface area contributed by atoms with Crippen LogP contribution in [0.25, 0.3) is 0 Å². The Bertz CT molecular complexity index is 505. The molecule has 0 spiro atoms. The van der Waals surface area contributed by atoms with E-state index in [4.69, 9.17) is 4.74 Å². The van der Waals surface area contributed by atoms with Gasteiger partial charge in [-0.05, 0) is 30.9 Å². The lowest BCUT2D eigenvalue weighted by molar-refractivity contribution is 0.0994. The molecule has 21 heavy (non-hydrogen) atoms. The van der Waals surface area contributed by atoms with Gasteiger partial charge in [-0.15, -0.1) is 0 Å². The van der Waals surface area contributed by atoms with Crippen LogP contribution in [0.4, 0.5) is 4.39 Å². The van der Waals surface area contributed by atoms with Gasteiger partial charge in [0, 0.05) is 51.3 Å². The maximum absolute atomic E-state index is 13.2. The fraction of sp³-hybridized carbons (Fsp3) is 0.647. The van der Waals surface area contributed by atoms with Gasteiger partial charge in [0.15, 0.2) is 0 Å². The summed E-state index contributed by atoms with van der Waals surface area (Å²) in [5.74, 6) is 1.41. The Balaban J connectivity index is 1.33. The summed E-state index contributed by atoms with van der Waals surface area (Å²) >= 11 is 0. The number of hydrogen-bond acceptors (Lipinski definition) is 3. The van der Waals surface area contributed by atoms with Gasteiger partial charge in [-0.2, -0.15) is 0 Å². The van der Waals surface area contributed by atoms with Crippen LogP contribution in [0, 0.1) is 11.7 Å². The summed E-state index contributed by atoms with van der Waals surface area (Å²) < 4.78 is 19.2. The minimum atomic E-state index is -0.223. The van der Waals surface area contributed by atoms with Gasteiger partial charge in [0.2, 0.25) is 0 Å². The molecule has 3 nitrogen and oxygen atoms in total. The summed E-state index contributed by atoms with van der Waals surface area (Å²) in [6, 6.07) is 7.12. The van der Waals surface area contributed by atoms with Crippen LogP contribution >= 0.6 is 0 Å². The highest BCUT2D eigenvalue weighted by atomic mass is 19.1. The number of halogens is 1. The third-order valence-electron chi connectivity index (χ3n) is 4.97. The molecule has 2 aliphatic heterocycles. The number of nitrogens with zero attached hydrogens (tertiary/aromatic N) is 2. The van der Waals surface area contributed by atoms with Crippen LogP contribution in [-0.4, -0.2) is 54.7 Å². The summed E-state index contributed by atoms with van der Waals surface area (Å²) in [5, 5.41) is 0. The largest absolute Gasteiger partial charge is 0.489 e. The first kappa shape index (κ1) is 13.5. The Labute approximate surface area is 125 Å². The van der Waals surface area contributed by atoms with Crippen LogP contribution in [0.1, 0.15) is 19.3 Å². The third-order valence-corrected chi connectivity index (χ3v) is 4.97. The molecule has 1 aliphatic carbocycles. The Morgan fingerprint density at radius 2 is 2.10 bits per heavy atom. The molecule has 0 bridgehead atoms. The van der Waals surface area contributed by atoms with Crippen molar-refractivity contribution in [3.8, 4) is 5.75 Å². The SMILES string of the molecule is Fc1cccc(O[C@H]2C[C@@H]3CN(CC4CC4)CCN3C2)c1. The zero-order valence-corrected chi connectivity index (χ0v) is 12.4. The highest BCUT2D eigenvalue weighted by Crippen LogP contribution is 2.32. The number of ether oxygens (including phenoxy) is 1. The second-order valence-electron chi connectivity index (χ2n) is 6.78. The van der Waals surface area contributed by atoms with Gasteiger partial charge in [0.05, 0.1) is 0 Å². The molecule has 1 saturated carbocycles. The van der Waals surface area contributed by atoms with Crippen LogP contribution in [0.3, 0.4) is 0 Å². The number of hydrogen-bond donors (Lipinski definition) is 0. The van der Waals surface area contributed by atoms with Crippen molar-refractivity contribution in [1.29, 1.82) is 0 Å². The highest BCUT2D eigenvalue weighted by molar-refractivity contribution is 5.23. The summed E-state index contributed by atoms with van der Waals surface area (Å²) in [6.07, 6.45) is 4.13. The minimum Gasteiger partial charge on any atom is -0.489 e. The number of piperazine rings is 1. The van der Waals surface area contributed by atoms with E-state index in [0.29, 0.717) is 11.8 Å². The van der Waals surface area contributed by atoms with Crippen molar-refractivity contribution < 1.29 is 9.13 Å². The van der Waals surface area contributed by atoms with E-state index in [-0.39, 0.29) is 11.9 Å². The molecular formula is C17H23FN2O. The van der Waals surface area contributed by atoms with Gasteiger partial charge in [0.25, 0.3) is 0 Å². The van der Waals surface area contributed by atoms with Crippen molar-refractivity contribution >= 4 is 0 Å². The molecule has 2 atom stereocenters. The molecule has 1 aromatic rings. The maximum atomic E-state index is 13.2. The molecule has 1 aromatic carbocycles. The first-order valence-electron chi connectivity index (χ1n) is 8.15. The molecule has 2 heterocycles. The first-order valence-corrected chi connectivity index (χ1v) is 8.15. The third kappa shape index (κ3) is 3.22. The first-order chi connectivity index (χ1) is 10.3. The predicted octanol–water partition coefficient (Wildman–Crippen LogP) is 2.37. The van der Waals surface area contributed by atoms with E-state index in [1.807, 2.05) is 6.07 Å². The van der Waals surface area contributed by atoms with Crippen molar-refractivity contribution in [3.05, 3.63) is 30.1 Å². The van der Waals surface area contributed by atoms with Gasteiger partial charge in [-0.25, -0.2) is 4.39 Å². The molecule has 4 rings (SSSR count). The van der Waals surface area contributed by atoms with Crippen molar-refractivity contribution in [2.24, 2.45) is 5.92 Å². The summed E-state index contributed by atoms with van der Waals surface area (Å²) in [7, 11) is 0. The van der Waals surface area contributed by atoms with E-state index in [1.54, 1.807) is 6.07 Å². The average molecular weight is 290 g/mol. The zero-order chi connectivity index (χ0) is 14.2. The van der Waals surface area contributed by atoms with Crippen molar-refractivity contribution in [1.82, 2.24) is 9.80 Å². The van der Waals surface area contributed by atoms with Crippen molar-refractivity contribution in [2.75, 3.05) is 32.7 Å². The lowest BCUT2D eigenvalue weighted by Crippen LogP contribution is -2.50. The van der Waals surface area contributed by atoms with Crippen LogP contribution < -0.4 is 4.74 Å². The summed E-state index contributed by atoms with van der Waals surface area (Å²) in [4.78, 5) is 5.18. The molecule has 3 aliphatic rings. The average Bonchev–Trinajstić information content (AvgIpc) is 3.17. The van der Waals surface area contributed by atoms with Crippen LogP contribution in [0.5, 0.6) is 5.75 Å². The molecule has 0 N–H and O–H groups in total. The Kier molecular flexibility index (Phi) is 3.59. The Morgan fingerprint density at radius 1 is 1.19 bits per heavy atom. The summed E-state index contributed by atoms with van der Waals surface area (Å²) in [5.41, 5.74) is 0. The monoisotopic (exact) mass is 290 g/mol. The maximum Gasteiger partial charge on any atom is 0.126 e. The van der Waals surface area contributed by atoms with E-state index < -0.39 is 0 Å². The Hall–Kier alpha value is -1.13. The number of fused-ring (bicyclic) bond motifs is 1. The van der Waals surface area contributed by atoms with E-state index in [1.165, 1.54) is 44.6 Å². The molecule has 4 heteroatoms. The molecule has 0 amide bonds. The van der Waals surface area contributed by atoms with Gasteiger partial charge >= 0.3 is 0 Å². The molecule has 114 valence electrons. The second kappa shape index (κ2) is 5.58. The fourth-order valence-corrected chi connectivity index (χ4v) is 3.71. The van der Waals surface area contributed by atoms with Gasteiger partial charge < -0.3 is 9.64 Å². The number of benzene rings is 1. The quantitative estimate of drug-likeness (QED) is 0.847. The van der Waals surface area contributed by atoms with Crippen molar-refractivity contribution in [2.45, 2.75) is 31.4 Å². The van der Waals surface area contributed by atoms with Crippen LogP contribution in [0.2, 0.25) is 0 Å². The van der Waals surface area contributed by atoms with Gasteiger partial charge in [-0.3, -0.25) is 4.90 Å². The van der Waals surface area contributed by atoms with Gasteiger partial charge in [0.1, 0.15) is 17.7 Å². The van der Waals surface area contributed by atoms with E-state index in [2.05, 4.69) is 9.80 Å². The molecule has 0 aromatic heterocycles.